The summed E-state index contributed by atoms with van der Waals surface area (Å²) in [5.74, 6) is 1.04. The van der Waals surface area contributed by atoms with Gasteiger partial charge in [0.05, 0.1) is 28.3 Å². The van der Waals surface area contributed by atoms with Crippen LogP contribution in [0, 0.1) is 6.92 Å². The molecule has 5 nitrogen and oxygen atoms in total. The molecular formula is C21H21NO4S. The number of rotatable bonds is 7. The highest BCUT2D eigenvalue weighted by atomic mass is 32.2. The molecule has 6 heteroatoms. The zero-order valence-electron chi connectivity index (χ0n) is 15.3. The summed E-state index contributed by atoms with van der Waals surface area (Å²) in [5, 5.41) is 0. The number of hydrogen-bond donors (Lipinski definition) is 0. The van der Waals surface area contributed by atoms with Crippen LogP contribution in [0.2, 0.25) is 0 Å². The third-order valence-corrected chi connectivity index (χ3v) is 5.88. The molecule has 0 bridgehead atoms. The molecule has 0 atom stereocenters. The first-order valence-electron chi connectivity index (χ1n) is 8.62. The van der Waals surface area contributed by atoms with Gasteiger partial charge in [-0.1, -0.05) is 30.3 Å². The van der Waals surface area contributed by atoms with Gasteiger partial charge in [-0.15, -0.1) is 0 Å². The van der Waals surface area contributed by atoms with Gasteiger partial charge in [0.2, 0.25) is 9.84 Å². The molecule has 0 radical (unpaired) electrons. The third kappa shape index (κ3) is 4.46. The van der Waals surface area contributed by atoms with Gasteiger partial charge in [-0.05, 0) is 43.7 Å². The lowest BCUT2D eigenvalue weighted by molar-refractivity contribution is 0.306. The number of hydrogen-bond acceptors (Lipinski definition) is 5. The zero-order chi connectivity index (χ0) is 19.3. The zero-order valence-corrected chi connectivity index (χ0v) is 16.1. The maximum atomic E-state index is 13.0. The van der Waals surface area contributed by atoms with Gasteiger partial charge >= 0.3 is 0 Å². The minimum atomic E-state index is -3.69. The third-order valence-electron chi connectivity index (χ3n) is 4.00. The fraction of sp³-hybridized carbons (Fsp3) is 0.190. The Bertz CT molecular complexity index is 1000. The van der Waals surface area contributed by atoms with E-state index in [1.54, 1.807) is 31.2 Å². The molecule has 0 spiro atoms. The van der Waals surface area contributed by atoms with Gasteiger partial charge in [0, 0.05) is 6.07 Å². The van der Waals surface area contributed by atoms with Crippen molar-refractivity contribution in [1.29, 1.82) is 0 Å². The molecule has 0 fully saturated rings. The first kappa shape index (κ1) is 18.9. The van der Waals surface area contributed by atoms with Crippen LogP contribution in [-0.2, 0) is 16.4 Å². The molecule has 2 aromatic carbocycles. The maximum absolute atomic E-state index is 13.0. The monoisotopic (exact) mass is 383 g/mol. The molecule has 1 aromatic heterocycles. The Hall–Kier alpha value is -2.86. The van der Waals surface area contributed by atoms with Crippen LogP contribution >= 0.6 is 0 Å². The highest BCUT2D eigenvalue weighted by molar-refractivity contribution is 7.91. The molecule has 0 unspecified atom stereocenters. The van der Waals surface area contributed by atoms with Crippen LogP contribution in [0.5, 0.6) is 11.5 Å². The predicted molar refractivity (Wildman–Crippen MR) is 103 cm³/mol. The summed E-state index contributed by atoms with van der Waals surface area (Å²) < 4.78 is 37.0. The van der Waals surface area contributed by atoms with Crippen molar-refractivity contribution in [2.24, 2.45) is 0 Å². The molecule has 27 heavy (non-hydrogen) atoms. The summed E-state index contributed by atoms with van der Waals surface area (Å²) in [5.41, 5.74) is 1.48. The van der Waals surface area contributed by atoms with Crippen LogP contribution in [-0.4, -0.2) is 20.0 Å². The van der Waals surface area contributed by atoms with Crippen LogP contribution in [0.15, 0.2) is 76.7 Å². The van der Waals surface area contributed by atoms with E-state index >= 15 is 0 Å². The molecule has 0 amide bonds. The molecule has 140 valence electrons. The Balaban J connectivity index is 1.80. The van der Waals surface area contributed by atoms with Gasteiger partial charge in [-0.25, -0.2) is 8.42 Å². The molecular weight excluding hydrogens is 362 g/mol. The molecule has 0 aliphatic rings. The van der Waals surface area contributed by atoms with Crippen molar-refractivity contribution in [3.63, 3.8) is 0 Å². The van der Waals surface area contributed by atoms with E-state index in [9.17, 15) is 8.42 Å². The lowest BCUT2D eigenvalue weighted by Crippen LogP contribution is -2.06. The van der Waals surface area contributed by atoms with Gasteiger partial charge in [0.1, 0.15) is 18.1 Å². The van der Waals surface area contributed by atoms with E-state index in [0.29, 0.717) is 30.4 Å². The summed E-state index contributed by atoms with van der Waals surface area (Å²) in [6.45, 7) is 4.37. The number of benzene rings is 2. The minimum Gasteiger partial charge on any atom is -0.492 e. The van der Waals surface area contributed by atoms with E-state index in [1.165, 1.54) is 12.3 Å². The molecule has 0 saturated heterocycles. The van der Waals surface area contributed by atoms with Crippen LogP contribution in [0.25, 0.3) is 0 Å². The topological polar surface area (TPSA) is 65.5 Å². The summed E-state index contributed by atoms with van der Waals surface area (Å²) in [7, 11) is -3.69. The second kappa shape index (κ2) is 8.22. The van der Waals surface area contributed by atoms with E-state index in [0.717, 1.165) is 5.56 Å². The van der Waals surface area contributed by atoms with Crippen molar-refractivity contribution in [2.75, 3.05) is 6.61 Å². The number of ether oxygens (including phenoxy) is 2. The van der Waals surface area contributed by atoms with Gasteiger partial charge < -0.3 is 9.47 Å². The Morgan fingerprint density at radius 3 is 2.30 bits per heavy atom. The second-order valence-electron chi connectivity index (χ2n) is 5.94. The van der Waals surface area contributed by atoms with Crippen LogP contribution in [0.3, 0.4) is 0 Å². The lowest BCUT2D eigenvalue weighted by Gasteiger charge is -2.11. The average Bonchev–Trinajstić information content (AvgIpc) is 2.69. The summed E-state index contributed by atoms with van der Waals surface area (Å²) >= 11 is 0. The minimum absolute atomic E-state index is 0.145. The SMILES string of the molecule is CCOc1cnc(C)c(S(=O)(=O)c2ccc(OCc3ccccc3)cc2)c1. The van der Waals surface area contributed by atoms with Crippen molar-refractivity contribution < 1.29 is 17.9 Å². The molecule has 0 aliphatic heterocycles. The van der Waals surface area contributed by atoms with Crippen molar-refractivity contribution in [1.82, 2.24) is 4.98 Å². The van der Waals surface area contributed by atoms with E-state index < -0.39 is 9.84 Å². The van der Waals surface area contributed by atoms with E-state index in [1.807, 2.05) is 37.3 Å². The number of pyridine rings is 1. The second-order valence-corrected chi connectivity index (χ2v) is 7.85. The first-order valence-corrected chi connectivity index (χ1v) is 10.1. The normalized spacial score (nSPS) is 11.2. The standard InChI is InChI=1S/C21H21NO4S/c1-3-25-19-13-21(16(2)22-14-19)27(23,24)20-11-9-18(10-12-20)26-15-17-7-5-4-6-8-17/h4-14H,3,15H2,1-2H3. The Morgan fingerprint density at radius 1 is 0.926 bits per heavy atom. The van der Waals surface area contributed by atoms with Crippen LogP contribution in [0.1, 0.15) is 18.2 Å². The van der Waals surface area contributed by atoms with E-state index in [4.69, 9.17) is 9.47 Å². The van der Waals surface area contributed by atoms with Crippen LogP contribution in [0.4, 0.5) is 0 Å². The van der Waals surface area contributed by atoms with E-state index in [-0.39, 0.29) is 9.79 Å². The smallest absolute Gasteiger partial charge is 0.208 e. The molecule has 0 aliphatic carbocycles. The fourth-order valence-corrected chi connectivity index (χ4v) is 4.06. The van der Waals surface area contributed by atoms with Gasteiger partial charge in [-0.2, -0.15) is 0 Å². The Labute approximate surface area is 159 Å². The van der Waals surface area contributed by atoms with Crippen molar-refractivity contribution in [3.05, 3.63) is 78.1 Å². The van der Waals surface area contributed by atoms with Crippen molar-refractivity contribution in [3.8, 4) is 11.5 Å². The summed E-state index contributed by atoms with van der Waals surface area (Å²) in [6, 6.07) is 17.7. The van der Waals surface area contributed by atoms with Gasteiger partial charge in [-0.3, -0.25) is 4.98 Å². The molecule has 0 saturated carbocycles. The average molecular weight is 383 g/mol. The van der Waals surface area contributed by atoms with Gasteiger partial charge in [0.25, 0.3) is 0 Å². The molecule has 0 N–H and O–H groups in total. The van der Waals surface area contributed by atoms with Crippen molar-refractivity contribution >= 4 is 9.84 Å². The highest BCUT2D eigenvalue weighted by Gasteiger charge is 2.21. The Kier molecular flexibility index (Phi) is 5.76. The molecule has 1 heterocycles. The lowest BCUT2D eigenvalue weighted by atomic mass is 10.2. The molecule has 3 rings (SSSR count). The highest BCUT2D eigenvalue weighted by Crippen LogP contribution is 2.27. The summed E-state index contributed by atoms with van der Waals surface area (Å²) in [6.07, 6.45) is 1.53. The number of nitrogens with zero attached hydrogens (tertiary/aromatic N) is 1. The predicted octanol–water partition coefficient (Wildman–Crippen LogP) is 4.20. The van der Waals surface area contributed by atoms with Crippen LogP contribution < -0.4 is 9.47 Å². The Morgan fingerprint density at radius 2 is 1.63 bits per heavy atom. The number of aryl methyl sites for hydroxylation is 1. The van der Waals surface area contributed by atoms with E-state index in [2.05, 4.69) is 4.98 Å². The largest absolute Gasteiger partial charge is 0.492 e. The first-order chi connectivity index (χ1) is 13.0. The number of aromatic nitrogens is 1. The molecule has 3 aromatic rings. The number of sulfone groups is 1. The summed E-state index contributed by atoms with van der Waals surface area (Å²) in [4.78, 5) is 4.47. The maximum Gasteiger partial charge on any atom is 0.208 e. The quantitative estimate of drug-likeness (QED) is 0.612. The fourth-order valence-electron chi connectivity index (χ4n) is 2.60. The van der Waals surface area contributed by atoms with Crippen molar-refractivity contribution in [2.45, 2.75) is 30.2 Å². The van der Waals surface area contributed by atoms with Gasteiger partial charge in [0.15, 0.2) is 0 Å².